The van der Waals surface area contributed by atoms with Crippen molar-refractivity contribution in [3.63, 3.8) is 0 Å². The number of hydrogen-bond acceptors (Lipinski definition) is 4. The van der Waals surface area contributed by atoms with E-state index in [0.29, 0.717) is 10.3 Å². The van der Waals surface area contributed by atoms with Gasteiger partial charge in [-0.25, -0.2) is 12.7 Å². The normalized spacial score (nSPS) is 18.7. The second kappa shape index (κ2) is 6.34. The van der Waals surface area contributed by atoms with E-state index in [9.17, 15) is 8.42 Å². The van der Waals surface area contributed by atoms with Crippen molar-refractivity contribution in [2.75, 3.05) is 39.0 Å². The molecule has 6 heteroatoms. The van der Waals surface area contributed by atoms with Crippen LogP contribution in [0.4, 0.5) is 5.69 Å². The van der Waals surface area contributed by atoms with Crippen molar-refractivity contribution in [1.29, 1.82) is 0 Å². The van der Waals surface area contributed by atoms with Gasteiger partial charge >= 0.3 is 0 Å². The van der Waals surface area contributed by atoms with Crippen LogP contribution in [0.5, 0.6) is 0 Å². The van der Waals surface area contributed by atoms with Gasteiger partial charge in [-0.15, -0.1) is 0 Å². The van der Waals surface area contributed by atoms with Crippen LogP contribution in [0, 0.1) is 5.41 Å². The van der Waals surface area contributed by atoms with Gasteiger partial charge in [0.05, 0.1) is 4.90 Å². The van der Waals surface area contributed by atoms with Gasteiger partial charge in [0.2, 0.25) is 10.0 Å². The summed E-state index contributed by atoms with van der Waals surface area (Å²) < 4.78 is 25.2. The van der Waals surface area contributed by atoms with Crippen LogP contribution in [-0.4, -0.2) is 46.5 Å². The Morgan fingerprint density at radius 3 is 2.29 bits per heavy atom. The average molecular weight is 311 g/mol. The second-order valence-electron chi connectivity index (χ2n) is 6.23. The van der Waals surface area contributed by atoms with E-state index in [1.165, 1.54) is 4.31 Å². The smallest absolute Gasteiger partial charge is 0.242 e. The molecule has 0 saturated carbocycles. The lowest BCUT2D eigenvalue weighted by molar-refractivity contribution is 0.247. The third kappa shape index (κ3) is 3.96. The molecule has 1 fully saturated rings. The predicted molar refractivity (Wildman–Crippen MR) is 86.0 cm³/mol. The van der Waals surface area contributed by atoms with E-state index in [-0.39, 0.29) is 0 Å². The molecule has 0 aliphatic carbocycles. The van der Waals surface area contributed by atoms with Crippen molar-refractivity contribution in [3.05, 3.63) is 24.3 Å². The number of benzene rings is 1. The summed E-state index contributed by atoms with van der Waals surface area (Å²) in [6, 6.07) is 6.98. The van der Waals surface area contributed by atoms with Gasteiger partial charge in [0, 0.05) is 26.3 Å². The Labute approximate surface area is 127 Å². The number of anilines is 1. The summed E-state index contributed by atoms with van der Waals surface area (Å²) >= 11 is 0. The monoisotopic (exact) mass is 311 g/mol. The lowest BCUT2D eigenvalue weighted by Gasteiger charge is -2.34. The van der Waals surface area contributed by atoms with E-state index in [1.54, 1.807) is 26.2 Å². The molecule has 2 rings (SSSR count). The van der Waals surface area contributed by atoms with Crippen LogP contribution < -0.4 is 10.6 Å². The van der Waals surface area contributed by atoms with Crippen LogP contribution in [0.1, 0.15) is 19.8 Å². The maximum Gasteiger partial charge on any atom is 0.242 e. The van der Waals surface area contributed by atoms with Gasteiger partial charge in [-0.2, -0.15) is 0 Å². The molecule has 1 aromatic carbocycles. The molecule has 1 aliphatic rings. The Bertz CT molecular complexity index is 561. The maximum absolute atomic E-state index is 12.0. The number of hydrogen-bond donors (Lipinski definition) is 2. The molecule has 0 amide bonds. The third-order valence-electron chi connectivity index (χ3n) is 4.16. The minimum atomic E-state index is -3.34. The molecule has 0 unspecified atom stereocenters. The van der Waals surface area contributed by atoms with E-state index < -0.39 is 10.0 Å². The zero-order chi connectivity index (χ0) is 15.5. The molecule has 1 heterocycles. The molecule has 0 spiro atoms. The molecule has 1 saturated heterocycles. The first-order valence-corrected chi connectivity index (χ1v) is 8.75. The van der Waals surface area contributed by atoms with Crippen LogP contribution in [0.25, 0.3) is 0 Å². The Morgan fingerprint density at radius 1 is 1.19 bits per heavy atom. The topological polar surface area (TPSA) is 61.4 Å². The van der Waals surface area contributed by atoms with E-state index >= 15 is 0 Å². The molecule has 5 nitrogen and oxygen atoms in total. The zero-order valence-corrected chi connectivity index (χ0v) is 13.8. The fourth-order valence-electron chi connectivity index (χ4n) is 2.48. The number of rotatable bonds is 5. The number of nitrogens with zero attached hydrogens (tertiary/aromatic N) is 1. The molecule has 118 valence electrons. The van der Waals surface area contributed by atoms with Gasteiger partial charge in [0.1, 0.15) is 0 Å². The summed E-state index contributed by atoms with van der Waals surface area (Å²) in [6.07, 6.45) is 2.32. The maximum atomic E-state index is 12.0. The molecule has 0 atom stereocenters. The Morgan fingerprint density at radius 2 is 1.76 bits per heavy atom. The highest BCUT2D eigenvalue weighted by molar-refractivity contribution is 7.89. The molecular weight excluding hydrogens is 286 g/mol. The van der Waals surface area contributed by atoms with Crippen molar-refractivity contribution in [2.24, 2.45) is 5.41 Å². The SMILES string of the molecule is CN(C)S(=O)(=O)c1ccc(NCC2(C)CCNCC2)cc1. The standard InChI is InChI=1S/C15H25N3O2S/c1-15(8-10-16-11-9-15)12-17-13-4-6-14(7-5-13)21(19,20)18(2)3/h4-7,16-17H,8-12H2,1-3H3. The van der Waals surface area contributed by atoms with Gasteiger partial charge in [0.15, 0.2) is 0 Å². The summed E-state index contributed by atoms with van der Waals surface area (Å²) in [5, 5.41) is 6.80. The quantitative estimate of drug-likeness (QED) is 0.869. The highest BCUT2D eigenvalue weighted by Gasteiger charge is 2.26. The Balaban J connectivity index is 2.00. The van der Waals surface area contributed by atoms with Crippen molar-refractivity contribution in [2.45, 2.75) is 24.7 Å². The average Bonchev–Trinajstić information content (AvgIpc) is 2.46. The number of sulfonamides is 1. The van der Waals surface area contributed by atoms with Gasteiger partial charge < -0.3 is 10.6 Å². The second-order valence-corrected chi connectivity index (χ2v) is 8.38. The van der Waals surface area contributed by atoms with Gasteiger partial charge in [0.25, 0.3) is 0 Å². The first-order chi connectivity index (χ1) is 9.83. The summed E-state index contributed by atoms with van der Waals surface area (Å²) in [6.45, 7) is 5.34. The highest BCUT2D eigenvalue weighted by atomic mass is 32.2. The van der Waals surface area contributed by atoms with Crippen LogP contribution in [0.3, 0.4) is 0 Å². The van der Waals surface area contributed by atoms with Crippen LogP contribution in [-0.2, 0) is 10.0 Å². The van der Waals surface area contributed by atoms with Crippen LogP contribution in [0.2, 0.25) is 0 Å². The minimum absolute atomic E-state index is 0.305. The zero-order valence-electron chi connectivity index (χ0n) is 13.0. The van der Waals surface area contributed by atoms with E-state index in [4.69, 9.17) is 0 Å². The van der Waals surface area contributed by atoms with Gasteiger partial charge in [-0.1, -0.05) is 6.92 Å². The lowest BCUT2D eigenvalue weighted by atomic mass is 9.81. The number of nitrogens with one attached hydrogen (secondary N) is 2. The summed E-state index contributed by atoms with van der Waals surface area (Å²) in [5.74, 6) is 0. The Hall–Kier alpha value is -1.11. The largest absolute Gasteiger partial charge is 0.384 e. The van der Waals surface area contributed by atoms with Crippen molar-refractivity contribution in [3.8, 4) is 0 Å². The number of piperidine rings is 1. The van der Waals surface area contributed by atoms with Crippen molar-refractivity contribution < 1.29 is 8.42 Å². The molecule has 1 aromatic rings. The molecule has 0 bridgehead atoms. The van der Waals surface area contributed by atoms with Crippen molar-refractivity contribution >= 4 is 15.7 Å². The fourth-order valence-corrected chi connectivity index (χ4v) is 3.38. The van der Waals surface area contributed by atoms with Crippen molar-refractivity contribution in [1.82, 2.24) is 9.62 Å². The summed E-state index contributed by atoms with van der Waals surface area (Å²) in [7, 11) is -0.262. The molecule has 0 aromatic heterocycles. The van der Waals surface area contributed by atoms with Gasteiger partial charge in [-0.05, 0) is 55.6 Å². The van der Waals surface area contributed by atoms with Crippen LogP contribution >= 0.6 is 0 Å². The first kappa shape index (κ1) is 16.3. The third-order valence-corrected chi connectivity index (χ3v) is 5.99. The minimum Gasteiger partial charge on any atom is -0.384 e. The molecule has 2 N–H and O–H groups in total. The summed E-state index contributed by atoms with van der Waals surface area (Å²) in [5.41, 5.74) is 1.27. The fraction of sp³-hybridized carbons (Fsp3) is 0.600. The van der Waals surface area contributed by atoms with E-state index in [1.807, 2.05) is 12.1 Å². The molecular formula is C15H25N3O2S. The highest BCUT2D eigenvalue weighted by Crippen LogP contribution is 2.28. The summed E-state index contributed by atoms with van der Waals surface area (Å²) in [4.78, 5) is 0.325. The molecule has 1 aliphatic heterocycles. The molecule has 0 radical (unpaired) electrons. The van der Waals surface area contributed by atoms with E-state index in [0.717, 1.165) is 38.2 Å². The van der Waals surface area contributed by atoms with Gasteiger partial charge in [-0.3, -0.25) is 0 Å². The van der Waals surface area contributed by atoms with Crippen LogP contribution in [0.15, 0.2) is 29.2 Å². The van der Waals surface area contributed by atoms with E-state index in [2.05, 4.69) is 17.6 Å². The first-order valence-electron chi connectivity index (χ1n) is 7.31. The predicted octanol–water partition coefficient (Wildman–Crippen LogP) is 1.74. The Kier molecular flexibility index (Phi) is 4.91. The molecule has 21 heavy (non-hydrogen) atoms. The lowest BCUT2D eigenvalue weighted by Crippen LogP contribution is -2.39.